The first-order valence-electron chi connectivity index (χ1n) is 9.07. The standard InChI is InChI=1S/C5H5BrNO2S2.3C4H9.Sn/c1-7(11(8)9)5-4(6)2-3-10-5;3*1-3-4-2;/h2-3H,1H3;3*1,3-4H2,2H3;. The van der Waals surface area contributed by atoms with Gasteiger partial charge < -0.3 is 0 Å². The summed E-state index contributed by atoms with van der Waals surface area (Å²) in [6, 6.07) is 1.94. The molecule has 0 aliphatic heterocycles. The molecule has 7 heteroatoms. The molecule has 1 aromatic heterocycles. The Bertz CT molecular complexity index is 567. The first-order chi connectivity index (χ1) is 11.4. The number of hydrogen-bond acceptors (Lipinski definition) is 3. The SMILES string of the molecule is CCC[CH2][Sn]([CH2]CCC)([CH2]CCC)[S](=O)(=O)N(C)c1sccc1Br. The number of unbranched alkanes of at least 4 members (excludes halogenated alkanes) is 3. The van der Waals surface area contributed by atoms with Gasteiger partial charge in [-0.05, 0) is 0 Å². The molecule has 3 nitrogen and oxygen atoms in total. The van der Waals surface area contributed by atoms with Crippen LogP contribution in [0.25, 0.3) is 0 Å². The Morgan fingerprint density at radius 1 is 1.04 bits per heavy atom. The van der Waals surface area contributed by atoms with Gasteiger partial charge in [-0.2, -0.15) is 0 Å². The average molecular weight is 545 g/mol. The molecule has 140 valence electrons. The Morgan fingerprint density at radius 3 is 1.83 bits per heavy atom. The van der Waals surface area contributed by atoms with Crippen molar-refractivity contribution in [3.8, 4) is 0 Å². The van der Waals surface area contributed by atoms with Crippen molar-refractivity contribution in [3.63, 3.8) is 0 Å². The number of thiophene rings is 1. The molecule has 0 bridgehead atoms. The fraction of sp³-hybridized carbons (Fsp3) is 0.765. The van der Waals surface area contributed by atoms with E-state index in [1.54, 1.807) is 11.4 Å². The number of rotatable bonds is 12. The van der Waals surface area contributed by atoms with E-state index in [0.717, 1.165) is 61.3 Å². The van der Waals surface area contributed by atoms with Gasteiger partial charge in [0.05, 0.1) is 0 Å². The van der Waals surface area contributed by atoms with E-state index in [9.17, 15) is 8.42 Å². The fourth-order valence-corrected chi connectivity index (χ4v) is 33.4. The van der Waals surface area contributed by atoms with E-state index in [-0.39, 0.29) is 0 Å². The van der Waals surface area contributed by atoms with Gasteiger partial charge in [0.2, 0.25) is 0 Å². The molecule has 0 amide bonds. The summed E-state index contributed by atoms with van der Waals surface area (Å²) >= 11 is 1.65. The molecule has 1 rings (SSSR count). The number of hydrogen-bond donors (Lipinski definition) is 0. The molecule has 0 spiro atoms. The Kier molecular flexibility index (Phi) is 10.2. The van der Waals surface area contributed by atoms with Crippen LogP contribution in [0.3, 0.4) is 0 Å². The summed E-state index contributed by atoms with van der Waals surface area (Å²) in [5.74, 6) is 0. The topological polar surface area (TPSA) is 37.4 Å². The summed E-state index contributed by atoms with van der Waals surface area (Å²) in [5.41, 5.74) is 0. The van der Waals surface area contributed by atoms with Gasteiger partial charge in [-0.15, -0.1) is 0 Å². The molecule has 0 aliphatic carbocycles. The van der Waals surface area contributed by atoms with Crippen molar-refractivity contribution < 1.29 is 8.42 Å². The minimum absolute atomic E-state index is 0.834. The van der Waals surface area contributed by atoms with E-state index in [0.29, 0.717) is 0 Å². The maximum atomic E-state index is 13.7. The zero-order valence-corrected chi connectivity index (χ0v) is 21.5. The molecule has 0 fully saturated rings. The summed E-state index contributed by atoms with van der Waals surface area (Å²) in [4.78, 5) is 0. The normalized spacial score (nSPS) is 12.5. The molecule has 0 aromatic carbocycles. The molecule has 0 aliphatic rings. The van der Waals surface area contributed by atoms with Crippen molar-refractivity contribution >= 4 is 56.5 Å². The predicted molar refractivity (Wildman–Crippen MR) is 114 cm³/mol. The van der Waals surface area contributed by atoms with Crippen LogP contribution in [-0.2, 0) is 7.21 Å². The van der Waals surface area contributed by atoms with Crippen LogP contribution in [-0.4, -0.2) is 32.5 Å². The van der Waals surface area contributed by atoms with Crippen LogP contribution in [0.1, 0.15) is 59.3 Å². The zero-order chi connectivity index (χ0) is 18.2. The van der Waals surface area contributed by atoms with Gasteiger partial charge in [0.1, 0.15) is 0 Å². The second-order valence-electron chi connectivity index (χ2n) is 6.54. The summed E-state index contributed by atoms with van der Waals surface area (Å²) in [6.45, 7) is 6.51. The summed E-state index contributed by atoms with van der Waals surface area (Å²) in [6.07, 6.45) is 6.42. The van der Waals surface area contributed by atoms with Gasteiger partial charge in [0.15, 0.2) is 0 Å². The monoisotopic (exact) mass is 545 g/mol. The quantitative estimate of drug-likeness (QED) is 0.277. The summed E-state index contributed by atoms with van der Waals surface area (Å²) < 4.78 is 32.9. The number of halogens is 1. The predicted octanol–water partition coefficient (Wildman–Crippen LogP) is 6.62. The van der Waals surface area contributed by atoms with Crippen molar-refractivity contribution in [2.24, 2.45) is 0 Å². The Hall–Kier alpha value is 0.729. The molecule has 0 saturated carbocycles. The van der Waals surface area contributed by atoms with Crippen LogP contribution in [0.2, 0.25) is 13.3 Å². The van der Waals surface area contributed by atoms with Crippen LogP contribution < -0.4 is 4.31 Å². The minimum atomic E-state index is -3.37. The van der Waals surface area contributed by atoms with E-state index in [2.05, 4.69) is 36.7 Å². The summed E-state index contributed by atoms with van der Waals surface area (Å²) in [5, 5.41) is 2.79. The van der Waals surface area contributed by atoms with Crippen LogP contribution >= 0.6 is 27.3 Å². The molecular formula is C17H32BrNO2S2Sn. The van der Waals surface area contributed by atoms with Crippen molar-refractivity contribution in [3.05, 3.63) is 15.9 Å². The first kappa shape index (κ1) is 22.8. The number of nitrogens with zero attached hydrogens (tertiary/aromatic N) is 1. The first-order valence-corrected chi connectivity index (χ1v) is 21.7. The van der Waals surface area contributed by atoms with Crippen molar-refractivity contribution in [1.29, 1.82) is 0 Å². The Morgan fingerprint density at radius 2 is 1.50 bits per heavy atom. The zero-order valence-electron chi connectivity index (χ0n) is 15.5. The van der Waals surface area contributed by atoms with Gasteiger partial charge in [-0.3, -0.25) is 0 Å². The van der Waals surface area contributed by atoms with Gasteiger partial charge in [0, 0.05) is 0 Å². The van der Waals surface area contributed by atoms with Crippen molar-refractivity contribution in [2.45, 2.75) is 72.6 Å². The van der Waals surface area contributed by atoms with Gasteiger partial charge in [-0.25, -0.2) is 0 Å². The second-order valence-corrected chi connectivity index (χ2v) is 31.0. The molecule has 0 N–H and O–H groups in total. The van der Waals surface area contributed by atoms with Crippen LogP contribution in [0.15, 0.2) is 15.9 Å². The third kappa shape index (κ3) is 5.36. The van der Waals surface area contributed by atoms with Crippen LogP contribution in [0, 0.1) is 0 Å². The van der Waals surface area contributed by atoms with Crippen LogP contribution in [0.5, 0.6) is 0 Å². The third-order valence-corrected chi connectivity index (χ3v) is 35.4. The van der Waals surface area contributed by atoms with Gasteiger partial charge in [0.25, 0.3) is 0 Å². The molecular weight excluding hydrogens is 513 g/mol. The van der Waals surface area contributed by atoms with Crippen molar-refractivity contribution in [1.82, 2.24) is 0 Å². The Labute approximate surface area is 163 Å². The number of anilines is 1. The van der Waals surface area contributed by atoms with Crippen LogP contribution in [0.4, 0.5) is 5.00 Å². The van der Waals surface area contributed by atoms with E-state index in [1.165, 1.54) is 11.3 Å². The Balaban J connectivity index is 3.27. The van der Waals surface area contributed by atoms with E-state index in [1.807, 2.05) is 11.4 Å². The van der Waals surface area contributed by atoms with E-state index >= 15 is 0 Å². The van der Waals surface area contributed by atoms with E-state index < -0.39 is 24.2 Å². The van der Waals surface area contributed by atoms with E-state index in [4.69, 9.17) is 0 Å². The third-order valence-electron chi connectivity index (χ3n) is 4.75. The van der Waals surface area contributed by atoms with Gasteiger partial charge in [-0.1, -0.05) is 0 Å². The maximum absolute atomic E-state index is 13.7. The molecule has 1 aromatic rings. The molecule has 0 radical (unpaired) electrons. The molecule has 1 heterocycles. The van der Waals surface area contributed by atoms with Gasteiger partial charge >= 0.3 is 165 Å². The molecule has 0 atom stereocenters. The molecule has 0 saturated heterocycles. The molecule has 24 heavy (non-hydrogen) atoms. The summed E-state index contributed by atoms with van der Waals surface area (Å²) in [7, 11) is -1.44. The fourth-order valence-electron chi connectivity index (χ4n) is 3.17. The molecule has 0 unspecified atom stereocenters. The second kappa shape index (κ2) is 10.8. The average Bonchev–Trinajstić information content (AvgIpc) is 2.99. The van der Waals surface area contributed by atoms with Crippen molar-refractivity contribution in [2.75, 3.05) is 11.4 Å².